The summed E-state index contributed by atoms with van der Waals surface area (Å²) in [6, 6.07) is 7.29. The van der Waals surface area contributed by atoms with E-state index in [1.807, 2.05) is 12.1 Å². The number of sulfonamides is 1. The number of hydrogen-bond acceptors (Lipinski definition) is 3. The molecule has 0 aromatic heterocycles. The summed E-state index contributed by atoms with van der Waals surface area (Å²) in [5.74, 6) is 0.444. The summed E-state index contributed by atoms with van der Waals surface area (Å²) in [6.07, 6.45) is 0.938. The minimum atomic E-state index is -3.23. The molecular formula is C12H17BrN2O2S. The predicted molar refractivity (Wildman–Crippen MR) is 77.3 cm³/mol. The van der Waals surface area contributed by atoms with Crippen molar-refractivity contribution in [2.24, 2.45) is 5.92 Å². The zero-order valence-corrected chi connectivity index (χ0v) is 12.7. The topological polar surface area (TPSA) is 49.4 Å². The van der Waals surface area contributed by atoms with Gasteiger partial charge in [-0.15, -0.1) is 0 Å². The first-order valence-corrected chi connectivity index (χ1v) is 8.32. The SMILES string of the molecule is CN(c1ccc(Br)cc1)S(=O)(=O)CC1CCNC1. The lowest BCUT2D eigenvalue weighted by Crippen LogP contribution is -2.32. The molecule has 1 unspecified atom stereocenters. The largest absolute Gasteiger partial charge is 0.316 e. The molecule has 0 bridgehead atoms. The summed E-state index contributed by atoms with van der Waals surface area (Å²) in [5.41, 5.74) is 0.698. The fourth-order valence-electron chi connectivity index (χ4n) is 2.08. The van der Waals surface area contributed by atoms with E-state index in [4.69, 9.17) is 0 Å². The lowest BCUT2D eigenvalue weighted by atomic mass is 10.2. The van der Waals surface area contributed by atoms with Crippen LogP contribution in [-0.2, 0) is 10.0 Å². The van der Waals surface area contributed by atoms with Gasteiger partial charge in [-0.25, -0.2) is 8.42 Å². The van der Waals surface area contributed by atoms with Crippen LogP contribution in [0.15, 0.2) is 28.7 Å². The molecule has 1 aliphatic heterocycles. The number of hydrogen-bond donors (Lipinski definition) is 1. The Morgan fingerprint density at radius 2 is 2.06 bits per heavy atom. The molecule has 18 heavy (non-hydrogen) atoms. The second-order valence-electron chi connectivity index (χ2n) is 4.58. The summed E-state index contributed by atoms with van der Waals surface area (Å²) < 4.78 is 26.8. The van der Waals surface area contributed by atoms with Gasteiger partial charge in [0.1, 0.15) is 0 Å². The normalized spacial score (nSPS) is 20.0. The van der Waals surface area contributed by atoms with Gasteiger partial charge in [-0.2, -0.15) is 0 Å². The van der Waals surface area contributed by atoms with Crippen molar-refractivity contribution in [1.82, 2.24) is 5.32 Å². The van der Waals surface area contributed by atoms with Crippen LogP contribution >= 0.6 is 15.9 Å². The first-order valence-electron chi connectivity index (χ1n) is 5.92. The fourth-order valence-corrected chi connectivity index (χ4v) is 3.89. The molecule has 1 aromatic carbocycles. The number of rotatable bonds is 4. The summed E-state index contributed by atoms with van der Waals surface area (Å²) in [5, 5.41) is 3.19. The van der Waals surface area contributed by atoms with Crippen LogP contribution in [0.4, 0.5) is 5.69 Å². The average Bonchev–Trinajstić information content (AvgIpc) is 2.81. The molecule has 100 valence electrons. The van der Waals surface area contributed by atoms with Crippen LogP contribution < -0.4 is 9.62 Å². The molecule has 2 rings (SSSR count). The average molecular weight is 333 g/mol. The lowest BCUT2D eigenvalue weighted by molar-refractivity contribution is 0.569. The van der Waals surface area contributed by atoms with Crippen molar-refractivity contribution in [1.29, 1.82) is 0 Å². The first-order chi connectivity index (χ1) is 8.49. The highest BCUT2D eigenvalue weighted by molar-refractivity contribution is 9.10. The third kappa shape index (κ3) is 3.24. The van der Waals surface area contributed by atoms with E-state index in [9.17, 15) is 8.42 Å². The Morgan fingerprint density at radius 3 is 2.61 bits per heavy atom. The maximum atomic E-state index is 12.3. The van der Waals surface area contributed by atoms with Crippen LogP contribution in [0.1, 0.15) is 6.42 Å². The van der Waals surface area contributed by atoms with Crippen molar-refractivity contribution in [2.75, 3.05) is 30.2 Å². The van der Waals surface area contributed by atoms with E-state index in [1.54, 1.807) is 19.2 Å². The molecule has 0 spiro atoms. The molecule has 1 atom stereocenters. The van der Waals surface area contributed by atoms with Crippen LogP contribution in [0.25, 0.3) is 0 Å². The first kappa shape index (κ1) is 13.8. The van der Waals surface area contributed by atoms with Gasteiger partial charge in [0.2, 0.25) is 10.0 Å². The van der Waals surface area contributed by atoms with Crippen LogP contribution in [0.3, 0.4) is 0 Å². The summed E-state index contributed by atoms with van der Waals surface area (Å²) in [4.78, 5) is 0. The third-order valence-corrected chi connectivity index (χ3v) is 5.68. The molecule has 0 radical (unpaired) electrons. The van der Waals surface area contributed by atoms with Gasteiger partial charge in [-0.1, -0.05) is 15.9 Å². The van der Waals surface area contributed by atoms with E-state index in [1.165, 1.54) is 4.31 Å². The van der Waals surface area contributed by atoms with E-state index in [2.05, 4.69) is 21.2 Å². The van der Waals surface area contributed by atoms with Crippen LogP contribution in [0.2, 0.25) is 0 Å². The molecular weight excluding hydrogens is 316 g/mol. The van der Waals surface area contributed by atoms with Gasteiger partial charge in [-0.3, -0.25) is 4.31 Å². The Hall–Kier alpha value is -0.590. The maximum Gasteiger partial charge on any atom is 0.235 e. The van der Waals surface area contributed by atoms with Crippen molar-refractivity contribution in [2.45, 2.75) is 6.42 Å². The minimum Gasteiger partial charge on any atom is -0.316 e. The van der Waals surface area contributed by atoms with Crippen LogP contribution in [-0.4, -0.2) is 34.3 Å². The Balaban J connectivity index is 2.11. The molecule has 1 aliphatic rings. The van der Waals surface area contributed by atoms with Gasteiger partial charge in [0.05, 0.1) is 11.4 Å². The Labute approximate surface area is 117 Å². The highest BCUT2D eigenvalue weighted by atomic mass is 79.9. The monoisotopic (exact) mass is 332 g/mol. The quantitative estimate of drug-likeness (QED) is 0.915. The molecule has 0 amide bonds. The fraction of sp³-hybridized carbons (Fsp3) is 0.500. The van der Waals surface area contributed by atoms with E-state index < -0.39 is 10.0 Å². The predicted octanol–water partition coefficient (Wildman–Crippen LogP) is 1.82. The van der Waals surface area contributed by atoms with Gasteiger partial charge in [0.25, 0.3) is 0 Å². The second kappa shape index (κ2) is 5.59. The molecule has 1 heterocycles. The number of benzene rings is 1. The van der Waals surface area contributed by atoms with E-state index >= 15 is 0 Å². The van der Waals surface area contributed by atoms with Crippen molar-refractivity contribution < 1.29 is 8.42 Å². The highest BCUT2D eigenvalue weighted by Crippen LogP contribution is 2.21. The molecule has 4 nitrogen and oxygen atoms in total. The van der Waals surface area contributed by atoms with E-state index in [-0.39, 0.29) is 11.7 Å². The highest BCUT2D eigenvalue weighted by Gasteiger charge is 2.25. The van der Waals surface area contributed by atoms with Gasteiger partial charge < -0.3 is 5.32 Å². The summed E-state index contributed by atoms with van der Waals surface area (Å²) in [7, 11) is -1.62. The van der Waals surface area contributed by atoms with E-state index in [0.717, 1.165) is 24.0 Å². The molecule has 1 fully saturated rings. The van der Waals surface area contributed by atoms with Crippen LogP contribution in [0, 0.1) is 5.92 Å². The number of nitrogens with one attached hydrogen (secondary N) is 1. The summed E-state index contributed by atoms with van der Waals surface area (Å²) in [6.45, 7) is 1.72. The summed E-state index contributed by atoms with van der Waals surface area (Å²) >= 11 is 3.34. The number of anilines is 1. The zero-order valence-electron chi connectivity index (χ0n) is 10.3. The third-order valence-electron chi connectivity index (χ3n) is 3.22. The Kier molecular flexibility index (Phi) is 4.29. The molecule has 6 heteroatoms. The minimum absolute atomic E-state index is 0.215. The Morgan fingerprint density at radius 1 is 1.39 bits per heavy atom. The lowest BCUT2D eigenvalue weighted by Gasteiger charge is -2.21. The number of nitrogens with zero attached hydrogens (tertiary/aromatic N) is 1. The van der Waals surface area contributed by atoms with Gasteiger partial charge in [-0.05, 0) is 49.7 Å². The van der Waals surface area contributed by atoms with Crippen LogP contribution in [0.5, 0.6) is 0 Å². The van der Waals surface area contributed by atoms with Gasteiger partial charge in [0.15, 0.2) is 0 Å². The smallest absolute Gasteiger partial charge is 0.235 e. The van der Waals surface area contributed by atoms with Crippen molar-refractivity contribution in [3.8, 4) is 0 Å². The van der Waals surface area contributed by atoms with Crippen molar-refractivity contribution in [3.05, 3.63) is 28.7 Å². The van der Waals surface area contributed by atoms with Crippen molar-refractivity contribution in [3.63, 3.8) is 0 Å². The molecule has 1 aromatic rings. The Bertz CT molecular complexity index is 495. The van der Waals surface area contributed by atoms with E-state index in [0.29, 0.717) is 5.69 Å². The standard InChI is InChI=1S/C12H17BrN2O2S/c1-15(12-4-2-11(13)3-5-12)18(16,17)9-10-6-7-14-8-10/h2-5,10,14H,6-9H2,1H3. The molecule has 1 saturated heterocycles. The maximum absolute atomic E-state index is 12.3. The van der Waals surface area contributed by atoms with Crippen molar-refractivity contribution >= 4 is 31.6 Å². The molecule has 1 N–H and O–H groups in total. The zero-order chi connectivity index (χ0) is 13.2. The van der Waals surface area contributed by atoms with Gasteiger partial charge >= 0.3 is 0 Å². The number of halogens is 1. The van der Waals surface area contributed by atoms with Gasteiger partial charge in [0, 0.05) is 11.5 Å². The second-order valence-corrected chi connectivity index (χ2v) is 7.54. The molecule has 0 saturated carbocycles. The molecule has 0 aliphatic carbocycles.